The summed E-state index contributed by atoms with van der Waals surface area (Å²) >= 11 is 0. The molecule has 4 fully saturated rings. The SMILES string of the molecule is CC1(C)OC2OC(C3OOC(C)(C)C(C)(C)O3)C3OC(C)(C)OC3C2O1. The molecule has 0 N–H and O–H groups in total. The van der Waals surface area contributed by atoms with E-state index in [4.69, 9.17) is 38.2 Å². The van der Waals surface area contributed by atoms with Crippen molar-refractivity contribution < 1.29 is 38.2 Å². The third-order valence-corrected chi connectivity index (χ3v) is 5.67. The summed E-state index contributed by atoms with van der Waals surface area (Å²) in [7, 11) is 0. The Morgan fingerprint density at radius 1 is 0.500 bits per heavy atom. The average Bonchev–Trinajstić information content (AvgIpc) is 2.95. The molecule has 0 spiro atoms. The molecule has 4 heterocycles. The van der Waals surface area contributed by atoms with Crippen molar-refractivity contribution >= 4 is 0 Å². The fraction of sp³-hybridized carbons (Fsp3) is 1.00. The molecule has 8 heteroatoms. The van der Waals surface area contributed by atoms with Crippen LogP contribution in [0.25, 0.3) is 0 Å². The minimum Gasteiger partial charge on any atom is -0.342 e. The fourth-order valence-corrected chi connectivity index (χ4v) is 3.70. The predicted molar refractivity (Wildman–Crippen MR) is 87.7 cm³/mol. The summed E-state index contributed by atoms with van der Waals surface area (Å²) in [5.74, 6) is -1.54. The maximum Gasteiger partial charge on any atom is 0.221 e. The molecule has 8 nitrogen and oxygen atoms in total. The van der Waals surface area contributed by atoms with Gasteiger partial charge in [0.05, 0.1) is 5.60 Å². The molecule has 0 saturated carbocycles. The molecule has 0 aromatic heterocycles. The van der Waals surface area contributed by atoms with Crippen molar-refractivity contribution in [2.24, 2.45) is 0 Å². The first-order valence-electron chi connectivity index (χ1n) is 9.19. The van der Waals surface area contributed by atoms with Gasteiger partial charge in [-0.1, -0.05) is 0 Å². The summed E-state index contributed by atoms with van der Waals surface area (Å²) in [4.78, 5) is 11.2. The van der Waals surface area contributed by atoms with Gasteiger partial charge in [0.15, 0.2) is 17.9 Å². The van der Waals surface area contributed by atoms with Gasteiger partial charge < -0.3 is 28.4 Å². The van der Waals surface area contributed by atoms with Crippen molar-refractivity contribution in [3.05, 3.63) is 0 Å². The molecule has 4 aliphatic rings. The molecule has 0 radical (unpaired) electrons. The number of fused-ring (bicyclic) bond motifs is 3. The largest absolute Gasteiger partial charge is 0.342 e. The van der Waals surface area contributed by atoms with Crippen LogP contribution in [0, 0.1) is 0 Å². The summed E-state index contributed by atoms with van der Waals surface area (Å²) in [6.07, 6.45) is -3.15. The predicted octanol–water partition coefficient (Wildman–Crippen LogP) is 2.24. The monoisotopic (exact) mass is 374 g/mol. The second-order valence-electron chi connectivity index (χ2n) is 9.32. The molecular formula is C18H30O8. The number of hydrogen-bond acceptors (Lipinski definition) is 8. The molecule has 0 aromatic rings. The molecule has 4 saturated heterocycles. The topological polar surface area (TPSA) is 73.8 Å². The van der Waals surface area contributed by atoms with Crippen molar-refractivity contribution in [3.63, 3.8) is 0 Å². The Kier molecular flexibility index (Phi) is 4.10. The van der Waals surface area contributed by atoms with Gasteiger partial charge in [-0.05, 0) is 55.4 Å². The number of rotatable bonds is 1. The minimum absolute atomic E-state index is 0.360. The molecule has 150 valence electrons. The second kappa shape index (κ2) is 5.61. The van der Waals surface area contributed by atoms with Crippen molar-refractivity contribution in [1.82, 2.24) is 0 Å². The lowest BCUT2D eigenvalue weighted by molar-refractivity contribution is -0.517. The Morgan fingerprint density at radius 2 is 1.04 bits per heavy atom. The van der Waals surface area contributed by atoms with E-state index in [9.17, 15) is 0 Å². The van der Waals surface area contributed by atoms with Crippen LogP contribution in [-0.2, 0) is 38.2 Å². The first-order valence-corrected chi connectivity index (χ1v) is 9.19. The van der Waals surface area contributed by atoms with Gasteiger partial charge in [-0.15, -0.1) is 0 Å². The number of hydrogen-bond donors (Lipinski definition) is 0. The van der Waals surface area contributed by atoms with E-state index >= 15 is 0 Å². The molecule has 0 aliphatic carbocycles. The minimum atomic E-state index is -0.781. The van der Waals surface area contributed by atoms with Crippen LogP contribution in [0.15, 0.2) is 0 Å². The van der Waals surface area contributed by atoms with E-state index < -0.39 is 47.6 Å². The zero-order valence-electron chi connectivity index (χ0n) is 16.7. The highest BCUT2D eigenvalue weighted by molar-refractivity contribution is 5.02. The van der Waals surface area contributed by atoms with Crippen LogP contribution < -0.4 is 0 Å². The van der Waals surface area contributed by atoms with Crippen molar-refractivity contribution in [2.75, 3.05) is 0 Å². The molecule has 4 aliphatic heterocycles. The second-order valence-corrected chi connectivity index (χ2v) is 9.32. The van der Waals surface area contributed by atoms with Crippen LogP contribution in [-0.4, -0.2) is 59.8 Å². The summed E-state index contributed by atoms with van der Waals surface area (Å²) in [6.45, 7) is 15.2. The van der Waals surface area contributed by atoms with E-state index in [1.165, 1.54) is 0 Å². The van der Waals surface area contributed by atoms with Crippen molar-refractivity contribution in [3.8, 4) is 0 Å². The van der Waals surface area contributed by atoms with E-state index in [0.29, 0.717) is 0 Å². The quantitative estimate of drug-likeness (QED) is 0.647. The van der Waals surface area contributed by atoms with Gasteiger partial charge in [0.2, 0.25) is 6.29 Å². The van der Waals surface area contributed by atoms with Gasteiger partial charge >= 0.3 is 0 Å². The molecule has 0 bridgehead atoms. The highest BCUT2D eigenvalue weighted by Crippen LogP contribution is 2.47. The van der Waals surface area contributed by atoms with E-state index in [1.807, 2.05) is 55.4 Å². The lowest BCUT2D eigenvalue weighted by atomic mass is 9.88. The van der Waals surface area contributed by atoms with Gasteiger partial charge in [-0.3, -0.25) is 0 Å². The van der Waals surface area contributed by atoms with Crippen LogP contribution in [0.1, 0.15) is 55.4 Å². The molecule has 6 atom stereocenters. The molecule has 0 amide bonds. The van der Waals surface area contributed by atoms with Gasteiger partial charge in [0.25, 0.3) is 0 Å². The lowest BCUT2D eigenvalue weighted by Crippen LogP contribution is -2.64. The summed E-state index contributed by atoms with van der Waals surface area (Å²) in [5, 5.41) is 0. The highest BCUT2D eigenvalue weighted by Gasteiger charge is 2.64. The average molecular weight is 374 g/mol. The Bertz CT molecular complexity index is 572. The van der Waals surface area contributed by atoms with Crippen LogP contribution in [0.4, 0.5) is 0 Å². The van der Waals surface area contributed by atoms with E-state index in [2.05, 4.69) is 0 Å². The van der Waals surface area contributed by atoms with E-state index in [0.717, 1.165) is 0 Å². The van der Waals surface area contributed by atoms with E-state index in [-0.39, 0.29) is 12.2 Å². The molecular weight excluding hydrogens is 344 g/mol. The highest BCUT2D eigenvalue weighted by atomic mass is 17.2. The maximum atomic E-state index is 6.20. The van der Waals surface area contributed by atoms with E-state index in [1.54, 1.807) is 0 Å². The zero-order valence-corrected chi connectivity index (χ0v) is 16.7. The fourth-order valence-electron chi connectivity index (χ4n) is 3.70. The molecule has 26 heavy (non-hydrogen) atoms. The molecule has 4 rings (SSSR count). The summed E-state index contributed by atoms with van der Waals surface area (Å²) < 4.78 is 36.5. The Hall–Kier alpha value is -0.320. The van der Waals surface area contributed by atoms with Gasteiger partial charge in [0, 0.05) is 0 Å². The molecule has 6 unspecified atom stereocenters. The Balaban J connectivity index is 1.60. The van der Waals surface area contributed by atoms with Crippen LogP contribution in [0.3, 0.4) is 0 Å². The van der Waals surface area contributed by atoms with Gasteiger partial charge in [-0.2, -0.15) is 0 Å². The Labute approximate surface area is 154 Å². The first-order chi connectivity index (χ1) is 11.8. The summed E-state index contributed by atoms with van der Waals surface area (Å²) in [6, 6.07) is 0. The third-order valence-electron chi connectivity index (χ3n) is 5.67. The summed E-state index contributed by atoms with van der Waals surface area (Å²) in [5.41, 5.74) is -1.20. The first kappa shape index (κ1) is 19.0. The number of ether oxygens (including phenoxy) is 6. The standard InChI is InChI=1S/C18H30O8/c1-15(2)16(3,4)26-25-14(23-15)11-9-10(21-17(5,6)20-9)12-13(19-11)24-18(7,8)22-12/h9-14H,1-8H3. The van der Waals surface area contributed by atoms with Gasteiger partial charge in [-0.25, -0.2) is 9.78 Å². The molecule has 0 aromatic carbocycles. The van der Waals surface area contributed by atoms with Crippen LogP contribution >= 0.6 is 0 Å². The van der Waals surface area contributed by atoms with Gasteiger partial charge in [0.1, 0.15) is 30.0 Å². The van der Waals surface area contributed by atoms with Crippen LogP contribution in [0.2, 0.25) is 0 Å². The maximum absolute atomic E-state index is 6.20. The van der Waals surface area contributed by atoms with Crippen molar-refractivity contribution in [2.45, 2.75) is 115 Å². The smallest absolute Gasteiger partial charge is 0.221 e. The lowest BCUT2D eigenvalue weighted by Gasteiger charge is -2.49. The Morgan fingerprint density at radius 3 is 1.65 bits per heavy atom. The normalized spacial score (nSPS) is 48.0. The zero-order chi connectivity index (χ0) is 19.1. The third kappa shape index (κ3) is 3.00. The van der Waals surface area contributed by atoms with Crippen LogP contribution in [0.5, 0.6) is 0 Å². The van der Waals surface area contributed by atoms with Crippen molar-refractivity contribution in [1.29, 1.82) is 0 Å².